The lowest BCUT2D eigenvalue weighted by Gasteiger charge is -2.01. The highest BCUT2D eigenvalue weighted by molar-refractivity contribution is 8.93. The molecule has 0 unspecified atom stereocenters. The van der Waals surface area contributed by atoms with Gasteiger partial charge in [0.15, 0.2) is 11.5 Å². The number of aromatic hydroxyl groups is 2. The predicted molar refractivity (Wildman–Crippen MR) is 48.0 cm³/mol. The van der Waals surface area contributed by atoms with Crippen molar-refractivity contribution in [2.75, 3.05) is 0 Å². The van der Waals surface area contributed by atoms with Gasteiger partial charge >= 0.3 is 0 Å². The van der Waals surface area contributed by atoms with Crippen molar-refractivity contribution in [3.63, 3.8) is 0 Å². The molecular formula is C7H10BrNO2. The normalized spacial score (nSPS) is 8.82. The van der Waals surface area contributed by atoms with Crippen LogP contribution in [0.25, 0.3) is 0 Å². The lowest BCUT2D eigenvalue weighted by atomic mass is 10.2. The summed E-state index contributed by atoms with van der Waals surface area (Å²) in [6.45, 7) is 0.236. The molecule has 0 saturated carbocycles. The number of hydrogen-bond acceptors (Lipinski definition) is 3. The minimum absolute atomic E-state index is 0. The highest BCUT2D eigenvalue weighted by Gasteiger charge is 2.01. The first-order chi connectivity index (χ1) is 4.75. The fourth-order valence-corrected chi connectivity index (χ4v) is 0.742. The number of hydrogen-bond donors (Lipinski definition) is 3. The zero-order chi connectivity index (χ0) is 7.56. The van der Waals surface area contributed by atoms with Crippen LogP contribution in [0.2, 0.25) is 0 Å². The van der Waals surface area contributed by atoms with Crippen molar-refractivity contribution in [3.8, 4) is 11.5 Å². The van der Waals surface area contributed by atoms with Crippen LogP contribution in [-0.4, -0.2) is 10.2 Å². The number of phenolic OH excluding ortho intramolecular Hbond substituents is 2. The Hall–Kier alpha value is -0.740. The molecule has 4 N–H and O–H groups in total. The predicted octanol–water partition coefficient (Wildman–Crippen LogP) is 1.13. The smallest absolute Gasteiger partial charge is 0.161 e. The van der Waals surface area contributed by atoms with E-state index in [0.29, 0.717) is 5.56 Å². The Labute approximate surface area is 75.2 Å². The minimum Gasteiger partial charge on any atom is -0.504 e. The molecule has 0 saturated heterocycles. The van der Waals surface area contributed by atoms with Gasteiger partial charge in [0.05, 0.1) is 0 Å². The Morgan fingerprint density at radius 1 is 1.27 bits per heavy atom. The summed E-state index contributed by atoms with van der Waals surface area (Å²) in [7, 11) is 0. The number of halogens is 1. The third-order valence-corrected chi connectivity index (χ3v) is 1.32. The quantitative estimate of drug-likeness (QED) is 0.621. The summed E-state index contributed by atoms with van der Waals surface area (Å²) in [6, 6.07) is 4.71. The maximum Gasteiger partial charge on any atom is 0.161 e. The molecule has 4 heteroatoms. The van der Waals surface area contributed by atoms with Crippen LogP contribution in [0.15, 0.2) is 18.2 Å². The lowest BCUT2D eigenvalue weighted by Crippen LogP contribution is -1.95. The van der Waals surface area contributed by atoms with E-state index >= 15 is 0 Å². The fourth-order valence-electron chi connectivity index (χ4n) is 0.742. The van der Waals surface area contributed by atoms with Crippen LogP contribution in [0.4, 0.5) is 0 Å². The number of phenols is 2. The summed E-state index contributed by atoms with van der Waals surface area (Å²) in [5.74, 6) is -0.243. The summed E-state index contributed by atoms with van der Waals surface area (Å²) in [6.07, 6.45) is 0. The molecule has 0 heterocycles. The Kier molecular flexibility index (Phi) is 3.92. The van der Waals surface area contributed by atoms with Gasteiger partial charge in [0, 0.05) is 12.1 Å². The molecule has 0 aliphatic heterocycles. The van der Waals surface area contributed by atoms with Gasteiger partial charge in [-0.05, 0) is 6.07 Å². The maximum absolute atomic E-state index is 9.07. The molecule has 1 rings (SSSR count). The first kappa shape index (κ1) is 10.3. The molecule has 11 heavy (non-hydrogen) atoms. The average molecular weight is 220 g/mol. The van der Waals surface area contributed by atoms with E-state index in [4.69, 9.17) is 15.9 Å². The summed E-state index contributed by atoms with van der Waals surface area (Å²) in [5.41, 5.74) is 5.80. The molecule has 0 aliphatic carbocycles. The van der Waals surface area contributed by atoms with Gasteiger partial charge in [0.2, 0.25) is 0 Å². The average Bonchev–Trinajstić information content (AvgIpc) is 1.95. The van der Waals surface area contributed by atoms with E-state index in [1.165, 1.54) is 6.07 Å². The van der Waals surface area contributed by atoms with Gasteiger partial charge in [-0.3, -0.25) is 0 Å². The molecule has 0 amide bonds. The Morgan fingerprint density at radius 2 is 1.91 bits per heavy atom. The highest BCUT2D eigenvalue weighted by atomic mass is 79.9. The van der Waals surface area contributed by atoms with Gasteiger partial charge in [-0.1, -0.05) is 12.1 Å². The fraction of sp³-hybridized carbons (Fsp3) is 0.143. The van der Waals surface area contributed by atoms with Crippen LogP contribution in [0.5, 0.6) is 11.5 Å². The van der Waals surface area contributed by atoms with Crippen molar-refractivity contribution in [2.24, 2.45) is 5.73 Å². The molecule has 0 radical (unpaired) electrons. The zero-order valence-electron chi connectivity index (χ0n) is 5.82. The van der Waals surface area contributed by atoms with Gasteiger partial charge in [0.25, 0.3) is 0 Å². The second-order valence-corrected chi connectivity index (χ2v) is 1.99. The van der Waals surface area contributed by atoms with E-state index in [9.17, 15) is 0 Å². The molecule has 0 bridgehead atoms. The van der Waals surface area contributed by atoms with Crippen LogP contribution in [-0.2, 0) is 6.54 Å². The van der Waals surface area contributed by atoms with Gasteiger partial charge in [-0.25, -0.2) is 0 Å². The minimum atomic E-state index is -0.122. The Balaban J connectivity index is 0.000001000. The first-order valence-electron chi connectivity index (χ1n) is 2.95. The van der Waals surface area contributed by atoms with E-state index in [2.05, 4.69) is 0 Å². The largest absolute Gasteiger partial charge is 0.504 e. The van der Waals surface area contributed by atoms with Crippen molar-refractivity contribution < 1.29 is 10.2 Å². The van der Waals surface area contributed by atoms with Crippen molar-refractivity contribution >= 4 is 17.0 Å². The molecule has 0 atom stereocenters. The molecule has 1 aromatic carbocycles. The second kappa shape index (κ2) is 4.20. The third-order valence-electron chi connectivity index (χ3n) is 1.32. The zero-order valence-corrected chi connectivity index (χ0v) is 7.53. The van der Waals surface area contributed by atoms with Crippen LogP contribution in [0.1, 0.15) is 5.56 Å². The number of benzene rings is 1. The molecule has 1 aromatic rings. The topological polar surface area (TPSA) is 66.5 Å². The van der Waals surface area contributed by atoms with Crippen molar-refractivity contribution in [1.29, 1.82) is 0 Å². The second-order valence-electron chi connectivity index (χ2n) is 1.99. The number of para-hydroxylation sites is 1. The van der Waals surface area contributed by atoms with Crippen LogP contribution in [0.3, 0.4) is 0 Å². The van der Waals surface area contributed by atoms with Crippen LogP contribution >= 0.6 is 17.0 Å². The highest BCUT2D eigenvalue weighted by Crippen LogP contribution is 2.27. The molecular weight excluding hydrogens is 210 g/mol. The standard InChI is InChI=1S/C7H9NO2.BrH/c8-4-5-2-1-3-6(9)7(5)10;/h1-3,9-10H,4,8H2;1H. The van der Waals surface area contributed by atoms with Crippen molar-refractivity contribution in [2.45, 2.75) is 6.54 Å². The molecule has 0 fully saturated rings. The monoisotopic (exact) mass is 219 g/mol. The van der Waals surface area contributed by atoms with Crippen LogP contribution < -0.4 is 5.73 Å². The first-order valence-corrected chi connectivity index (χ1v) is 2.95. The van der Waals surface area contributed by atoms with E-state index in [1.807, 2.05) is 0 Å². The number of rotatable bonds is 1. The Bertz CT molecular complexity index is 240. The van der Waals surface area contributed by atoms with E-state index in [1.54, 1.807) is 12.1 Å². The molecule has 0 aliphatic rings. The summed E-state index contributed by atoms with van der Waals surface area (Å²) in [4.78, 5) is 0. The molecule has 0 spiro atoms. The Morgan fingerprint density at radius 3 is 2.36 bits per heavy atom. The maximum atomic E-state index is 9.07. The van der Waals surface area contributed by atoms with Crippen LogP contribution in [0, 0.1) is 0 Å². The number of nitrogens with two attached hydrogens (primary N) is 1. The van der Waals surface area contributed by atoms with Gasteiger partial charge < -0.3 is 15.9 Å². The summed E-state index contributed by atoms with van der Waals surface area (Å²) < 4.78 is 0. The van der Waals surface area contributed by atoms with E-state index in [-0.39, 0.29) is 35.0 Å². The molecule has 62 valence electrons. The summed E-state index contributed by atoms with van der Waals surface area (Å²) >= 11 is 0. The van der Waals surface area contributed by atoms with E-state index in [0.717, 1.165) is 0 Å². The summed E-state index contributed by atoms with van der Waals surface area (Å²) in [5, 5.41) is 18.0. The lowest BCUT2D eigenvalue weighted by molar-refractivity contribution is 0.399. The van der Waals surface area contributed by atoms with Crippen molar-refractivity contribution in [1.82, 2.24) is 0 Å². The molecule has 3 nitrogen and oxygen atoms in total. The van der Waals surface area contributed by atoms with Gasteiger partial charge in [0.1, 0.15) is 0 Å². The van der Waals surface area contributed by atoms with E-state index < -0.39 is 0 Å². The van der Waals surface area contributed by atoms with Gasteiger partial charge in [-0.2, -0.15) is 0 Å². The van der Waals surface area contributed by atoms with Gasteiger partial charge in [-0.15, -0.1) is 17.0 Å². The third kappa shape index (κ3) is 2.10. The SMILES string of the molecule is Br.NCc1cccc(O)c1O. The van der Waals surface area contributed by atoms with Crippen molar-refractivity contribution in [3.05, 3.63) is 23.8 Å². The molecule has 0 aromatic heterocycles.